The van der Waals surface area contributed by atoms with E-state index in [0.29, 0.717) is 42.5 Å². The molecule has 4 heterocycles. The van der Waals surface area contributed by atoms with Gasteiger partial charge in [-0.05, 0) is 37.4 Å². The van der Waals surface area contributed by atoms with Gasteiger partial charge in [-0.3, -0.25) is 9.59 Å². The van der Waals surface area contributed by atoms with E-state index >= 15 is 0 Å². The number of thioether (sulfide) groups is 1. The van der Waals surface area contributed by atoms with Crippen LogP contribution in [-0.4, -0.2) is 57.9 Å². The van der Waals surface area contributed by atoms with E-state index < -0.39 is 0 Å². The molecule has 1 aliphatic rings. The molecule has 1 aliphatic heterocycles. The van der Waals surface area contributed by atoms with E-state index in [1.807, 2.05) is 42.3 Å². The summed E-state index contributed by atoms with van der Waals surface area (Å²) >= 11 is 2.95. The fourth-order valence-corrected chi connectivity index (χ4v) is 5.19. The van der Waals surface area contributed by atoms with Crippen LogP contribution in [0.2, 0.25) is 0 Å². The van der Waals surface area contributed by atoms with Crippen molar-refractivity contribution in [2.24, 2.45) is 0 Å². The van der Waals surface area contributed by atoms with Crippen LogP contribution in [0.5, 0.6) is 0 Å². The molecule has 4 rings (SSSR count). The lowest BCUT2D eigenvalue weighted by molar-refractivity contribution is 0.0535. The van der Waals surface area contributed by atoms with Crippen LogP contribution >= 0.6 is 23.1 Å². The van der Waals surface area contributed by atoms with E-state index in [1.54, 1.807) is 17.2 Å². The summed E-state index contributed by atoms with van der Waals surface area (Å²) in [6.07, 6.45) is 1.70. The Balaban J connectivity index is 1.41. The molecule has 0 spiro atoms. The molecule has 9 heteroatoms. The number of rotatable bonds is 5. The van der Waals surface area contributed by atoms with Crippen molar-refractivity contribution in [3.63, 3.8) is 0 Å². The normalized spacial score (nSPS) is 14.2. The SMILES string of the molecule is Cc1noc(C)c1CSc1ncccc1C(=O)N1CCN(C(=O)c2cccs2)CC1. The molecule has 3 aromatic heterocycles. The van der Waals surface area contributed by atoms with E-state index in [0.717, 1.165) is 21.9 Å². The summed E-state index contributed by atoms with van der Waals surface area (Å²) in [5, 5.41) is 6.58. The third kappa shape index (κ3) is 4.27. The zero-order valence-electron chi connectivity index (χ0n) is 16.8. The first kappa shape index (κ1) is 20.6. The van der Waals surface area contributed by atoms with Gasteiger partial charge >= 0.3 is 0 Å². The lowest BCUT2D eigenvalue weighted by Gasteiger charge is -2.34. The summed E-state index contributed by atoms with van der Waals surface area (Å²) in [6.45, 7) is 5.89. The molecular formula is C21H22N4O3S2. The molecule has 0 aromatic carbocycles. The summed E-state index contributed by atoms with van der Waals surface area (Å²) < 4.78 is 5.22. The maximum Gasteiger partial charge on any atom is 0.264 e. The van der Waals surface area contributed by atoms with E-state index in [2.05, 4.69) is 10.1 Å². The molecule has 30 heavy (non-hydrogen) atoms. The van der Waals surface area contributed by atoms with Gasteiger partial charge in [0, 0.05) is 43.7 Å². The number of nitrogens with zero attached hydrogens (tertiary/aromatic N) is 4. The third-order valence-corrected chi connectivity index (χ3v) is 7.01. The Morgan fingerprint density at radius 1 is 1.10 bits per heavy atom. The summed E-state index contributed by atoms with van der Waals surface area (Å²) in [4.78, 5) is 34.5. The second kappa shape index (κ2) is 9.01. The summed E-state index contributed by atoms with van der Waals surface area (Å²) in [7, 11) is 0. The highest BCUT2D eigenvalue weighted by Crippen LogP contribution is 2.28. The number of thiophene rings is 1. The Hall–Kier alpha value is -2.65. The number of hydrogen-bond acceptors (Lipinski definition) is 7. The molecule has 7 nitrogen and oxygen atoms in total. The van der Waals surface area contributed by atoms with Gasteiger partial charge in [-0.1, -0.05) is 11.2 Å². The zero-order valence-corrected chi connectivity index (χ0v) is 18.5. The van der Waals surface area contributed by atoms with Crippen LogP contribution in [0.25, 0.3) is 0 Å². The largest absolute Gasteiger partial charge is 0.361 e. The van der Waals surface area contributed by atoms with Crippen molar-refractivity contribution in [3.8, 4) is 0 Å². The van der Waals surface area contributed by atoms with E-state index in [1.165, 1.54) is 23.1 Å². The van der Waals surface area contributed by atoms with Crippen molar-refractivity contribution < 1.29 is 14.1 Å². The number of aryl methyl sites for hydroxylation is 2. The quantitative estimate of drug-likeness (QED) is 0.562. The molecule has 0 N–H and O–H groups in total. The van der Waals surface area contributed by atoms with Crippen LogP contribution < -0.4 is 0 Å². The van der Waals surface area contributed by atoms with Crippen molar-refractivity contribution in [3.05, 3.63) is 63.3 Å². The minimum absolute atomic E-state index is 0.0363. The predicted octanol–water partition coefficient (Wildman–Crippen LogP) is 3.64. The smallest absolute Gasteiger partial charge is 0.264 e. The predicted molar refractivity (Wildman–Crippen MR) is 116 cm³/mol. The first-order valence-corrected chi connectivity index (χ1v) is 11.5. The fraction of sp³-hybridized carbons (Fsp3) is 0.333. The Morgan fingerprint density at radius 3 is 2.47 bits per heavy atom. The van der Waals surface area contributed by atoms with Crippen molar-refractivity contribution in [1.29, 1.82) is 0 Å². The van der Waals surface area contributed by atoms with Gasteiger partial charge in [-0.15, -0.1) is 23.1 Å². The summed E-state index contributed by atoms with van der Waals surface area (Å²) in [5.41, 5.74) is 2.48. The second-order valence-electron chi connectivity index (χ2n) is 7.01. The van der Waals surface area contributed by atoms with Crippen molar-refractivity contribution in [1.82, 2.24) is 19.9 Å². The maximum atomic E-state index is 13.2. The Labute approximate surface area is 183 Å². The Bertz CT molecular complexity index is 1020. The first-order valence-electron chi connectivity index (χ1n) is 9.66. The van der Waals surface area contributed by atoms with E-state index in [-0.39, 0.29) is 11.8 Å². The number of carbonyl (C=O) groups is 2. The van der Waals surface area contributed by atoms with Crippen LogP contribution in [0, 0.1) is 13.8 Å². The second-order valence-corrected chi connectivity index (χ2v) is 8.92. The van der Waals surface area contributed by atoms with Gasteiger partial charge in [0.15, 0.2) is 0 Å². The summed E-state index contributed by atoms with van der Waals surface area (Å²) in [6, 6.07) is 7.31. The molecule has 1 saturated heterocycles. The molecule has 3 aromatic rings. The van der Waals surface area contributed by atoms with Gasteiger partial charge in [-0.25, -0.2) is 4.98 Å². The number of amides is 2. The van der Waals surface area contributed by atoms with Gasteiger partial charge < -0.3 is 14.3 Å². The number of aromatic nitrogens is 2. The van der Waals surface area contributed by atoms with Crippen LogP contribution in [0.3, 0.4) is 0 Å². The van der Waals surface area contributed by atoms with Crippen molar-refractivity contribution in [2.75, 3.05) is 26.2 Å². The number of piperazine rings is 1. The molecule has 1 fully saturated rings. The van der Waals surface area contributed by atoms with Crippen LogP contribution in [0.1, 0.15) is 37.0 Å². The molecular weight excluding hydrogens is 420 g/mol. The number of hydrogen-bond donors (Lipinski definition) is 0. The minimum Gasteiger partial charge on any atom is -0.361 e. The molecule has 0 bridgehead atoms. The van der Waals surface area contributed by atoms with Gasteiger partial charge in [0.25, 0.3) is 11.8 Å². The highest BCUT2D eigenvalue weighted by atomic mass is 32.2. The summed E-state index contributed by atoms with van der Waals surface area (Å²) in [5.74, 6) is 1.42. The average Bonchev–Trinajstić information content (AvgIpc) is 3.42. The Morgan fingerprint density at radius 2 is 1.83 bits per heavy atom. The van der Waals surface area contributed by atoms with Crippen LogP contribution in [0.15, 0.2) is 45.4 Å². The lowest BCUT2D eigenvalue weighted by atomic mass is 10.2. The van der Waals surface area contributed by atoms with Gasteiger partial charge in [-0.2, -0.15) is 0 Å². The topological polar surface area (TPSA) is 79.5 Å². The highest BCUT2D eigenvalue weighted by molar-refractivity contribution is 7.98. The van der Waals surface area contributed by atoms with Gasteiger partial charge in [0.05, 0.1) is 16.1 Å². The first-order chi connectivity index (χ1) is 14.5. The van der Waals surface area contributed by atoms with Crippen molar-refractivity contribution in [2.45, 2.75) is 24.6 Å². The zero-order chi connectivity index (χ0) is 21.1. The van der Waals surface area contributed by atoms with Gasteiger partial charge in [0.2, 0.25) is 0 Å². The van der Waals surface area contributed by atoms with E-state index in [9.17, 15) is 9.59 Å². The fourth-order valence-electron chi connectivity index (χ4n) is 3.36. The average molecular weight is 443 g/mol. The molecule has 156 valence electrons. The highest BCUT2D eigenvalue weighted by Gasteiger charge is 2.27. The van der Waals surface area contributed by atoms with Crippen molar-refractivity contribution >= 4 is 34.9 Å². The van der Waals surface area contributed by atoms with E-state index in [4.69, 9.17) is 4.52 Å². The Kier molecular flexibility index (Phi) is 6.19. The molecule has 0 unspecified atom stereocenters. The molecule has 0 atom stereocenters. The third-order valence-electron chi connectivity index (χ3n) is 5.12. The van der Waals surface area contributed by atoms with Crippen LogP contribution in [0.4, 0.5) is 0 Å². The number of carbonyl (C=O) groups excluding carboxylic acids is 2. The van der Waals surface area contributed by atoms with Gasteiger partial charge in [0.1, 0.15) is 10.8 Å². The van der Waals surface area contributed by atoms with Crippen LogP contribution in [-0.2, 0) is 5.75 Å². The molecule has 2 amide bonds. The lowest BCUT2D eigenvalue weighted by Crippen LogP contribution is -2.50. The monoisotopic (exact) mass is 442 g/mol. The minimum atomic E-state index is -0.0485. The molecule has 0 radical (unpaired) electrons. The molecule has 0 saturated carbocycles. The standard InChI is InChI=1S/C21H22N4O3S2/c1-14-17(15(2)28-23-14)13-30-19-16(5-3-7-22-19)20(26)24-8-10-25(11-9-24)21(27)18-6-4-12-29-18/h3-7,12H,8-11,13H2,1-2H3. The molecule has 0 aliphatic carbocycles. The number of pyridine rings is 1. The maximum absolute atomic E-state index is 13.2.